The van der Waals surface area contributed by atoms with Crippen LogP contribution in [0.1, 0.15) is 35.2 Å². The van der Waals surface area contributed by atoms with Gasteiger partial charge in [0, 0.05) is 5.02 Å². The molecule has 1 unspecified atom stereocenters. The first-order valence-electron chi connectivity index (χ1n) is 11.5. The van der Waals surface area contributed by atoms with Crippen molar-refractivity contribution in [2.45, 2.75) is 26.3 Å². The Morgan fingerprint density at radius 2 is 1.92 bits per heavy atom. The van der Waals surface area contributed by atoms with E-state index in [9.17, 15) is 14.7 Å². The molecule has 1 aliphatic rings. The molecule has 188 valence electrons. The van der Waals surface area contributed by atoms with Gasteiger partial charge in [-0.3, -0.25) is 14.5 Å². The maximum atomic E-state index is 13.5. The molecule has 0 radical (unpaired) electrons. The van der Waals surface area contributed by atoms with Gasteiger partial charge in [-0.2, -0.15) is 0 Å². The molecule has 1 N–H and O–H groups in total. The molecule has 9 heteroatoms. The number of thiazole rings is 1. The second-order valence-electron chi connectivity index (χ2n) is 8.70. The maximum Gasteiger partial charge on any atom is 0.301 e. The molecule has 1 atom stereocenters. The smallest absolute Gasteiger partial charge is 0.301 e. The molecule has 0 aliphatic carbocycles. The number of methoxy groups -OCH3 is 1. The zero-order valence-electron chi connectivity index (χ0n) is 20.2. The van der Waals surface area contributed by atoms with Gasteiger partial charge in [0.05, 0.1) is 39.5 Å². The molecule has 1 amide bonds. The van der Waals surface area contributed by atoms with E-state index in [2.05, 4.69) is 11.9 Å². The van der Waals surface area contributed by atoms with Crippen LogP contribution in [0.4, 0.5) is 5.13 Å². The predicted octanol–water partition coefficient (Wildman–Crippen LogP) is 7.11. The summed E-state index contributed by atoms with van der Waals surface area (Å²) in [6, 6.07) is 15.4. The minimum atomic E-state index is -0.923. The second kappa shape index (κ2) is 9.82. The summed E-state index contributed by atoms with van der Waals surface area (Å²) in [7, 11) is 1.40. The van der Waals surface area contributed by atoms with Crippen LogP contribution in [0.15, 0.2) is 60.2 Å². The van der Waals surface area contributed by atoms with E-state index in [-0.39, 0.29) is 26.9 Å². The summed E-state index contributed by atoms with van der Waals surface area (Å²) < 4.78 is 6.31. The molecule has 3 aromatic carbocycles. The van der Waals surface area contributed by atoms with Crippen molar-refractivity contribution in [3.8, 4) is 5.75 Å². The van der Waals surface area contributed by atoms with Gasteiger partial charge < -0.3 is 9.84 Å². The first-order valence-corrected chi connectivity index (χ1v) is 13.1. The van der Waals surface area contributed by atoms with Crippen LogP contribution in [0.25, 0.3) is 16.0 Å². The fourth-order valence-corrected chi connectivity index (χ4v) is 6.18. The molecule has 0 spiro atoms. The Kier molecular flexibility index (Phi) is 6.70. The Morgan fingerprint density at radius 1 is 1.14 bits per heavy atom. The van der Waals surface area contributed by atoms with Crippen molar-refractivity contribution in [1.82, 2.24) is 4.98 Å². The lowest BCUT2D eigenvalue weighted by atomic mass is 9.94. The first kappa shape index (κ1) is 25.3. The van der Waals surface area contributed by atoms with Gasteiger partial charge in [0.25, 0.3) is 5.78 Å². The Hall–Kier alpha value is -3.39. The van der Waals surface area contributed by atoms with E-state index in [1.807, 2.05) is 49.4 Å². The van der Waals surface area contributed by atoms with E-state index in [0.29, 0.717) is 10.7 Å². The quantitative estimate of drug-likeness (QED) is 0.162. The number of carbonyl (C=O) groups is 2. The lowest BCUT2D eigenvalue weighted by Gasteiger charge is -2.23. The summed E-state index contributed by atoms with van der Waals surface area (Å²) in [6.45, 7) is 3.98. The van der Waals surface area contributed by atoms with Crippen LogP contribution in [-0.2, 0) is 16.0 Å². The highest BCUT2D eigenvalue weighted by Crippen LogP contribution is 2.46. The minimum absolute atomic E-state index is 0.0965. The van der Waals surface area contributed by atoms with Crippen molar-refractivity contribution < 1.29 is 19.4 Å². The summed E-state index contributed by atoms with van der Waals surface area (Å²) in [5, 5.41) is 12.3. The van der Waals surface area contributed by atoms with Gasteiger partial charge >= 0.3 is 5.91 Å². The highest BCUT2D eigenvalue weighted by molar-refractivity contribution is 7.22. The number of Topliss-reactive ketones (excluding diaryl/α,β-unsaturated/α-hetero) is 1. The van der Waals surface area contributed by atoms with Crippen LogP contribution in [-0.4, -0.2) is 28.9 Å². The number of ketones is 1. The van der Waals surface area contributed by atoms with Crippen LogP contribution < -0.4 is 9.64 Å². The molecule has 1 saturated heterocycles. The summed E-state index contributed by atoms with van der Waals surface area (Å²) in [5.41, 5.74) is 3.48. The summed E-state index contributed by atoms with van der Waals surface area (Å²) in [5.74, 6) is -1.90. The SMILES string of the molecule is CCc1ccc2nc(N3C(=O)C(=O)/C(=C(/O)c4cc(Cl)cc(Cl)c4OC)C3c3cccc(C)c3)sc2c1. The Bertz CT molecular complexity index is 1610. The monoisotopic (exact) mass is 552 g/mol. The number of nitrogens with zero attached hydrogens (tertiary/aromatic N) is 2. The summed E-state index contributed by atoms with van der Waals surface area (Å²) >= 11 is 13.8. The highest BCUT2D eigenvalue weighted by Gasteiger charge is 2.48. The van der Waals surface area contributed by atoms with Gasteiger partial charge in [-0.15, -0.1) is 0 Å². The lowest BCUT2D eigenvalue weighted by molar-refractivity contribution is -0.132. The average Bonchev–Trinajstić information content (AvgIpc) is 3.40. The molecule has 37 heavy (non-hydrogen) atoms. The van der Waals surface area contributed by atoms with Gasteiger partial charge in [-0.1, -0.05) is 77.4 Å². The minimum Gasteiger partial charge on any atom is -0.507 e. The average molecular weight is 553 g/mol. The number of fused-ring (bicyclic) bond motifs is 1. The number of rotatable bonds is 5. The van der Waals surface area contributed by atoms with E-state index in [1.165, 1.54) is 35.5 Å². The second-order valence-corrected chi connectivity index (χ2v) is 10.6. The number of benzene rings is 3. The molecule has 0 saturated carbocycles. The molecular formula is C28H22Cl2N2O4S. The zero-order valence-corrected chi connectivity index (χ0v) is 22.5. The van der Waals surface area contributed by atoms with Crippen molar-refractivity contribution in [3.05, 3.63) is 92.5 Å². The zero-order chi connectivity index (χ0) is 26.4. The summed E-state index contributed by atoms with van der Waals surface area (Å²) in [6.07, 6.45) is 0.862. The van der Waals surface area contributed by atoms with Crippen LogP contribution in [0.2, 0.25) is 10.0 Å². The molecule has 4 aromatic rings. The van der Waals surface area contributed by atoms with Crippen LogP contribution in [0, 0.1) is 6.92 Å². The van der Waals surface area contributed by atoms with Crippen molar-refractivity contribution in [2.75, 3.05) is 12.0 Å². The van der Waals surface area contributed by atoms with E-state index in [1.54, 1.807) is 0 Å². The number of hydrogen-bond acceptors (Lipinski definition) is 6. The fraction of sp³-hybridized carbons (Fsp3) is 0.179. The van der Waals surface area contributed by atoms with Crippen LogP contribution >= 0.6 is 34.5 Å². The van der Waals surface area contributed by atoms with E-state index >= 15 is 0 Å². The number of aromatic nitrogens is 1. The number of aliphatic hydroxyl groups excluding tert-OH is 1. The number of hydrogen-bond donors (Lipinski definition) is 1. The van der Waals surface area contributed by atoms with E-state index < -0.39 is 23.5 Å². The van der Waals surface area contributed by atoms with Crippen LogP contribution in [0.5, 0.6) is 5.75 Å². The summed E-state index contributed by atoms with van der Waals surface area (Å²) in [4.78, 5) is 33.1. The normalized spacial score (nSPS) is 17.1. The van der Waals surface area contributed by atoms with Gasteiger partial charge in [-0.25, -0.2) is 4.98 Å². The molecule has 1 aliphatic heterocycles. The van der Waals surface area contributed by atoms with Crippen molar-refractivity contribution >= 4 is 67.3 Å². The number of halogens is 2. The number of ether oxygens (including phenoxy) is 1. The Balaban J connectivity index is 1.77. The van der Waals surface area contributed by atoms with Crippen molar-refractivity contribution in [1.29, 1.82) is 0 Å². The van der Waals surface area contributed by atoms with E-state index in [0.717, 1.165) is 27.8 Å². The third-order valence-corrected chi connectivity index (χ3v) is 7.84. The highest BCUT2D eigenvalue weighted by atomic mass is 35.5. The Labute approximate surface area is 227 Å². The number of anilines is 1. The number of aryl methyl sites for hydroxylation is 2. The number of carbonyl (C=O) groups excluding carboxylic acids is 2. The maximum absolute atomic E-state index is 13.5. The largest absolute Gasteiger partial charge is 0.507 e. The lowest BCUT2D eigenvalue weighted by Crippen LogP contribution is -2.29. The van der Waals surface area contributed by atoms with Crippen LogP contribution in [0.3, 0.4) is 0 Å². The van der Waals surface area contributed by atoms with Crippen molar-refractivity contribution in [2.24, 2.45) is 0 Å². The van der Waals surface area contributed by atoms with Gasteiger partial charge in [0.2, 0.25) is 0 Å². The van der Waals surface area contributed by atoms with Gasteiger partial charge in [0.1, 0.15) is 11.5 Å². The van der Waals surface area contributed by atoms with Gasteiger partial charge in [-0.05, 0) is 48.7 Å². The van der Waals surface area contributed by atoms with Crippen molar-refractivity contribution in [3.63, 3.8) is 0 Å². The third kappa shape index (κ3) is 4.37. The predicted molar refractivity (Wildman–Crippen MR) is 148 cm³/mol. The molecule has 0 bridgehead atoms. The molecule has 1 fully saturated rings. The first-order chi connectivity index (χ1) is 17.7. The Morgan fingerprint density at radius 3 is 2.62 bits per heavy atom. The molecule has 2 heterocycles. The topological polar surface area (TPSA) is 79.7 Å². The molecule has 5 rings (SSSR count). The molecule has 1 aromatic heterocycles. The molecular weight excluding hydrogens is 531 g/mol. The third-order valence-electron chi connectivity index (χ3n) is 6.33. The van der Waals surface area contributed by atoms with Gasteiger partial charge in [0.15, 0.2) is 5.13 Å². The fourth-order valence-electron chi connectivity index (χ4n) is 4.55. The van der Waals surface area contributed by atoms with E-state index in [4.69, 9.17) is 27.9 Å². The molecule has 6 nitrogen and oxygen atoms in total. The standard InChI is InChI=1S/C28H22Cl2N2O4S/c1-4-15-8-9-20-21(11-15)37-28(31-20)32-23(16-7-5-6-14(2)10-16)22(25(34)27(32)35)24(33)18-12-17(29)13-19(30)26(18)36-3/h5-13,23,33H,4H2,1-3H3/b24-22+. The number of aliphatic hydroxyl groups is 1. The number of amides is 1.